The molecule has 21 heavy (non-hydrogen) atoms. The average Bonchev–Trinajstić information content (AvgIpc) is 2.71. The van der Waals surface area contributed by atoms with Gasteiger partial charge in [-0.3, -0.25) is 14.2 Å². The van der Waals surface area contributed by atoms with Gasteiger partial charge in [0.2, 0.25) is 0 Å². The van der Waals surface area contributed by atoms with Crippen LogP contribution in [0.15, 0.2) is 11.1 Å². The first-order valence-corrected chi connectivity index (χ1v) is 6.92. The summed E-state index contributed by atoms with van der Waals surface area (Å²) in [5.74, 6) is -2.13. The fraction of sp³-hybridized carbons (Fsp3) is 0.385. The van der Waals surface area contributed by atoms with Gasteiger partial charge in [0.1, 0.15) is 9.71 Å². The summed E-state index contributed by atoms with van der Waals surface area (Å²) in [5.41, 5.74) is -1.18. The normalized spacial score (nSPS) is 11.8. The predicted molar refractivity (Wildman–Crippen MR) is 77.0 cm³/mol. The quantitative estimate of drug-likeness (QED) is 0.887. The Labute approximate surface area is 123 Å². The van der Waals surface area contributed by atoms with E-state index in [4.69, 9.17) is 10.2 Å². The van der Waals surface area contributed by atoms with Gasteiger partial charge in [0.15, 0.2) is 0 Å². The number of hydrogen-bond donors (Lipinski definition) is 2. The van der Waals surface area contributed by atoms with Gasteiger partial charge in [-0.2, -0.15) is 0 Å². The Hall–Kier alpha value is -2.22. The maximum absolute atomic E-state index is 12.4. The summed E-state index contributed by atoms with van der Waals surface area (Å²) in [6, 6.07) is 0. The van der Waals surface area contributed by atoms with E-state index < -0.39 is 22.9 Å². The minimum absolute atomic E-state index is 0.0399. The summed E-state index contributed by atoms with van der Waals surface area (Å²) in [6.45, 7) is 4.53. The molecule has 0 unspecified atom stereocenters. The molecule has 0 aromatic carbocycles. The smallest absolute Gasteiger partial charge is 0.346 e. The van der Waals surface area contributed by atoms with Crippen molar-refractivity contribution < 1.29 is 19.8 Å². The number of carboxylic acids is 2. The van der Waals surface area contributed by atoms with Gasteiger partial charge in [-0.15, -0.1) is 11.3 Å². The van der Waals surface area contributed by atoms with Crippen LogP contribution >= 0.6 is 11.3 Å². The van der Waals surface area contributed by atoms with Crippen molar-refractivity contribution in [1.29, 1.82) is 0 Å². The molecule has 2 aromatic rings. The summed E-state index contributed by atoms with van der Waals surface area (Å²) in [6.07, 6.45) is 1.26. The summed E-state index contributed by atoms with van der Waals surface area (Å²) >= 11 is 0.939. The van der Waals surface area contributed by atoms with E-state index in [0.717, 1.165) is 11.3 Å². The van der Waals surface area contributed by atoms with Crippen LogP contribution in [0.25, 0.3) is 10.2 Å². The van der Waals surface area contributed by atoms with Crippen LogP contribution in [0.5, 0.6) is 0 Å². The van der Waals surface area contributed by atoms with Gasteiger partial charge in [0.25, 0.3) is 5.56 Å². The molecule has 0 spiro atoms. The van der Waals surface area contributed by atoms with Crippen LogP contribution in [0.2, 0.25) is 0 Å². The zero-order chi connectivity index (χ0) is 15.9. The number of aryl methyl sites for hydroxylation is 1. The van der Waals surface area contributed by atoms with Gasteiger partial charge in [0.05, 0.1) is 17.1 Å². The van der Waals surface area contributed by atoms with E-state index in [1.807, 2.05) is 0 Å². The molecule has 0 amide bonds. The van der Waals surface area contributed by atoms with E-state index in [-0.39, 0.29) is 16.8 Å². The Morgan fingerprint density at radius 3 is 2.52 bits per heavy atom. The first-order valence-electron chi connectivity index (χ1n) is 6.10. The number of aliphatic carboxylic acids is 1. The maximum atomic E-state index is 12.4. The number of aromatic nitrogens is 2. The van der Waals surface area contributed by atoms with Crippen molar-refractivity contribution in [3.8, 4) is 0 Å². The topological polar surface area (TPSA) is 109 Å². The van der Waals surface area contributed by atoms with Crippen molar-refractivity contribution in [3.05, 3.63) is 27.1 Å². The average molecular weight is 310 g/mol. The van der Waals surface area contributed by atoms with E-state index in [0.29, 0.717) is 10.4 Å². The minimum Gasteiger partial charge on any atom is -0.481 e. The summed E-state index contributed by atoms with van der Waals surface area (Å²) < 4.78 is 1.21. The highest BCUT2D eigenvalue weighted by Gasteiger charge is 2.29. The molecule has 0 bridgehead atoms. The lowest BCUT2D eigenvalue weighted by Crippen LogP contribution is -2.34. The second-order valence-corrected chi connectivity index (χ2v) is 6.41. The van der Waals surface area contributed by atoms with E-state index in [1.165, 1.54) is 24.7 Å². The molecule has 0 aliphatic rings. The molecule has 2 aromatic heterocycles. The molecule has 7 nitrogen and oxygen atoms in total. The Kier molecular flexibility index (Phi) is 3.58. The van der Waals surface area contributed by atoms with Crippen molar-refractivity contribution in [1.82, 2.24) is 9.55 Å². The van der Waals surface area contributed by atoms with Gasteiger partial charge in [0, 0.05) is 6.54 Å². The highest BCUT2D eigenvalue weighted by atomic mass is 32.1. The molecule has 0 aliphatic carbocycles. The first kappa shape index (κ1) is 15.2. The predicted octanol–water partition coefficient (Wildman–Crippen LogP) is 1.58. The third-order valence-electron chi connectivity index (χ3n) is 3.26. The summed E-state index contributed by atoms with van der Waals surface area (Å²) in [4.78, 5) is 39.2. The maximum Gasteiger partial charge on any atom is 0.346 e. The molecule has 0 aliphatic heterocycles. The number of thiophene rings is 1. The molecule has 2 heterocycles. The number of rotatable bonds is 4. The molecule has 2 rings (SSSR count). The standard InChI is InChI=1S/C13H14N2O5S/c1-6-7-9(21-8(6)11(17)18)14-5-15(10(7)16)4-13(2,3)12(19)20/h5H,4H2,1-3H3,(H,17,18)(H,19,20). The third kappa shape index (κ3) is 2.54. The molecular weight excluding hydrogens is 296 g/mol. The van der Waals surface area contributed by atoms with Crippen molar-refractivity contribution in [2.45, 2.75) is 27.3 Å². The van der Waals surface area contributed by atoms with Crippen LogP contribution < -0.4 is 5.56 Å². The molecular formula is C13H14N2O5S. The van der Waals surface area contributed by atoms with Crippen molar-refractivity contribution in [2.24, 2.45) is 5.41 Å². The van der Waals surface area contributed by atoms with E-state index in [2.05, 4.69) is 4.98 Å². The molecule has 2 N–H and O–H groups in total. The first-order chi connectivity index (χ1) is 9.65. The van der Waals surface area contributed by atoms with Gasteiger partial charge in [-0.25, -0.2) is 9.78 Å². The lowest BCUT2D eigenvalue weighted by Gasteiger charge is -2.19. The largest absolute Gasteiger partial charge is 0.481 e. The van der Waals surface area contributed by atoms with Crippen LogP contribution in [-0.2, 0) is 11.3 Å². The van der Waals surface area contributed by atoms with Gasteiger partial charge < -0.3 is 10.2 Å². The number of carboxylic acid groups (broad SMARTS) is 2. The lowest BCUT2D eigenvalue weighted by atomic mass is 9.94. The minimum atomic E-state index is -1.13. The fourth-order valence-electron chi connectivity index (χ4n) is 1.97. The molecule has 0 saturated heterocycles. The zero-order valence-corrected chi connectivity index (χ0v) is 12.5. The van der Waals surface area contributed by atoms with Crippen molar-refractivity contribution >= 4 is 33.5 Å². The second-order valence-electron chi connectivity index (χ2n) is 5.41. The van der Waals surface area contributed by atoms with E-state index >= 15 is 0 Å². The van der Waals surface area contributed by atoms with E-state index in [9.17, 15) is 14.4 Å². The second kappa shape index (κ2) is 4.96. The van der Waals surface area contributed by atoms with Gasteiger partial charge in [-0.05, 0) is 26.3 Å². The molecule has 0 radical (unpaired) electrons. The zero-order valence-electron chi connectivity index (χ0n) is 11.7. The van der Waals surface area contributed by atoms with Crippen LogP contribution in [0.3, 0.4) is 0 Å². The number of fused-ring (bicyclic) bond motifs is 1. The SMILES string of the molecule is Cc1c(C(=O)O)sc2ncn(CC(C)(C)C(=O)O)c(=O)c12. The highest BCUT2D eigenvalue weighted by Crippen LogP contribution is 2.27. The Balaban J connectivity index is 2.62. The van der Waals surface area contributed by atoms with Crippen LogP contribution in [0, 0.1) is 12.3 Å². The van der Waals surface area contributed by atoms with Crippen LogP contribution in [0.1, 0.15) is 29.1 Å². The summed E-state index contributed by atoms with van der Waals surface area (Å²) in [5, 5.41) is 18.4. The number of carbonyl (C=O) groups is 2. The highest BCUT2D eigenvalue weighted by molar-refractivity contribution is 7.20. The van der Waals surface area contributed by atoms with Crippen LogP contribution in [-0.4, -0.2) is 31.7 Å². The fourth-order valence-corrected chi connectivity index (χ4v) is 2.95. The Bertz CT molecular complexity index is 803. The molecule has 0 atom stereocenters. The molecule has 8 heteroatoms. The van der Waals surface area contributed by atoms with Crippen LogP contribution in [0.4, 0.5) is 0 Å². The molecule has 112 valence electrons. The lowest BCUT2D eigenvalue weighted by molar-refractivity contribution is -0.147. The van der Waals surface area contributed by atoms with Crippen molar-refractivity contribution in [2.75, 3.05) is 0 Å². The number of hydrogen-bond acceptors (Lipinski definition) is 5. The number of nitrogens with zero attached hydrogens (tertiary/aromatic N) is 2. The van der Waals surface area contributed by atoms with Gasteiger partial charge >= 0.3 is 11.9 Å². The van der Waals surface area contributed by atoms with Gasteiger partial charge in [-0.1, -0.05) is 0 Å². The number of aromatic carboxylic acids is 1. The summed E-state index contributed by atoms with van der Waals surface area (Å²) in [7, 11) is 0. The monoisotopic (exact) mass is 310 g/mol. The Morgan fingerprint density at radius 2 is 2.00 bits per heavy atom. The third-order valence-corrected chi connectivity index (χ3v) is 4.44. The molecule has 0 fully saturated rings. The van der Waals surface area contributed by atoms with Crippen molar-refractivity contribution in [3.63, 3.8) is 0 Å². The molecule has 0 saturated carbocycles. The van der Waals surface area contributed by atoms with E-state index in [1.54, 1.807) is 6.92 Å². The Morgan fingerprint density at radius 1 is 1.38 bits per heavy atom.